The molecule has 1 aliphatic carbocycles. The van der Waals surface area contributed by atoms with Crippen LogP contribution in [-0.2, 0) is 0 Å². The summed E-state index contributed by atoms with van der Waals surface area (Å²) in [6.07, 6.45) is 2.68. The van der Waals surface area contributed by atoms with Crippen LogP contribution in [0.5, 0.6) is 5.75 Å². The van der Waals surface area contributed by atoms with E-state index in [0.29, 0.717) is 18.1 Å². The van der Waals surface area contributed by atoms with Crippen LogP contribution in [0.4, 0.5) is 0 Å². The molecule has 2 rings (SSSR count). The molecule has 0 amide bonds. The van der Waals surface area contributed by atoms with Gasteiger partial charge in [-0.1, -0.05) is 26.8 Å². The van der Waals surface area contributed by atoms with Crippen LogP contribution in [0, 0.1) is 6.92 Å². The molecule has 2 nitrogen and oxygen atoms in total. The number of aryl methyl sites for hydroxylation is 1. The summed E-state index contributed by atoms with van der Waals surface area (Å²) >= 11 is 0. The van der Waals surface area contributed by atoms with Crippen molar-refractivity contribution in [1.82, 2.24) is 5.32 Å². The van der Waals surface area contributed by atoms with Gasteiger partial charge in [-0.05, 0) is 55.5 Å². The van der Waals surface area contributed by atoms with Crippen molar-refractivity contribution in [2.75, 3.05) is 6.54 Å². The minimum atomic E-state index is 0.401. The predicted octanol–water partition coefficient (Wildman–Crippen LogP) is 3.64. The molecular weight excluding hydrogens is 222 g/mol. The van der Waals surface area contributed by atoms with Gasteiger partial charge in [0.15, 0.2) is 0 Å². The highest BCUT2D eigenvalue weighted by atomic mass is 16.5. The second kappa shape index (κ2) is 5.75. The summed E-state index contributed by atoms with van der Waals surface area (Å²) in [5, 5.41) is 3.45. The molecule has 1 N–H and O–H groups in total. The average molecular weight is 247 g/mol. The molecule has 0 aromatic heterocycles. The van der Waals surface area contributed by atoms with Crippen molar-refractivity contribution in [1.29, 1.82) is 0 Å². The lowest BCUT2D eigenvalue weighted by atomic mass is 9.89. The number of hydrogen-bond donors (Lipinski definition) is 1. The summed E-state index contributed by atoms with van der Waals surface area (Å²) in [4.78, 5) is 0. The number of benzene rings is 1. The molecule has 1 aromatic carbocycles. The largest absolute Gasteiger partial charge is 0.490 e. The van der Waals surface area contributed by atoms with Crippen molar-refractivity contribution in [2.24, 2.45) is 0 Å². The van der Waals surface area contributed by atoms with Gasteiger partial charge in [-0.15, -0.1) is 0 Å². The first kappa shape index (κ1) is 13.4. The zero-order valence-corrected chi connectivity index (χ0v) is 12.0. The van der Waals surface area contributed by atoms with Crippen LogP contribution in [-0.4, -0.2) is 18.7 Å². The Morgan fingerprint density at radius 2 is 2.06 bits per heavy atom. The summed E-state index contributed by atoms with van der Waals surface area (Å²) in [6, 6.07) is 7.16. The minimum absolute atomic E-state index is 0.401. The normalized spacial score (nSPS) is 22.9. The molecule has 2 heteroatoms. The highest BCUT2D eigenvalue weighted by Crippen LogP contribution is 2.28. The first-order valence-corrected chi connectivity index (χ1v) is 7.10. The molecule has 100 valence electrons. The lowest BCUT2D eigenvalue weighted by Gasteiger charge is -2.35. The number of hydrogen-bond acceptors (Lipinski definition) is 2. The molecule has 1 aliphatic rings. The Kier molecular flexibility index (Phi) is 4.28. The van der Waals surface area contributed by atoms with Crippen LogP contribution < -0.4 is 10.1 Å². The van der Waals surface area contributed by atoms with E-state index in [4.69, 9.17) is 4.74 Å². The second-order valence-corrected chi connectivity index (χ2v) is 5.64. The van der Waals surface area contributed by atoms with Gasteiger partial charge in [0, 0.05) is 6.04 Å². The van der Waals surface area contributed by atoms with Gasteiger partial charge in [0.1, 0.15) is 11.9 Å². The minimum Gasteiger partial charge on any atom is -0.490 e. The van der Waals surface area contributed by atoms with Gasteiger partial charge in [0.05, 0.1) is 0 Å². The molecule has 1 fully saturated rings. The first-order chi connectivity index (χ1) is 8.60. The lowest BCUT2D eigenvalue weighted by Crippen LogP contribution is -2.46. The van der Waals surface area contributed by atoms with Gasteiger partial charge in [-0.25, -0.2) is 0 Å². The fraction of sp³-hybridized carbons (Fsp3) is 0.625. The number of ether oxygens (including phenoxy) is 1. The van der Waals surface area contributed by atoms with E-state index in [1.54, 1.807) is 0 Å². The van der Waals surface area contributed by atoms with E-state index < -0.39 is 0 Å². The van der Waals surface area contributed by atoms with Crippen molar-refractivity contribution < 1.29 is 4.74 Å². The van der Waals surface area contributed by atoms with Crippen LogP contribution in [0.2, 0.25) is 0 Å². The Morgan fingerprint density at radius 3 is 2.61 bits per heavy atom. The molecule has 0 atom stereocenters. The van der Waals surface area contributed by atoms with Crippen LogP contribution in [0.1, 0.15) is 50.7 Å². The SMILES string of the molecule is CCNC1CC(Oc2ccc(C(C)C)c(C)c2)C1. The summed E-state index contributed by atoms with van der Waals surface area (Å²) in [5.74, 6) is 1.61. The van der Waals surface area contributed by atoms with Crippen LogP contribution >= 0.6 is 0 Å². The van der Waals surface area contributed by atoms with Gasteiger partial charge in [-0.3, -0.25) is 0 Å². The quantitative estimate of drug-likeness (QED) is 0.857. The van der Waals surface area contributed by atoms with E-state index in [-0.39, 0.29) is 0 Å². The van der Waals surface area contributed by atoms with Crippen molar-refractivity contribution in [3.63, 3.8) is 0 Å². The van der Waals surface area contributed by atoms with E-state index in [9.17, 15) is 0 Å². The Balaban J connectivity index is 1.90. The third kappa shape index (κ3) is 3.05. The molecule has 0 aliphatic heterocycles. The third-order valence-corrected chi connectivity index (χ3v) is 3.75. The smallest absolute Gasteiger partial charge is 0.120 e. The van der Waals surface area contributed by atoms with Gasteiger partial charge in [0.25, 0.3) is 0 Å². The molecule has 0 unspecified atom stereocenters. The number of nitrogens with one attached hydrogen (secondary N) is 1. The van der Waals surface area contributed by atoms with Crippen molar-refractivity contribution in [3.05, 3.63) is 29.3 Å². The second-order valence-electron chi connectivity index (χ2n) is 5.64. The van der Waals surface area contributed by atoms with E-state index in [1.165, 1.54) is 11.1 Å². The van der Waals surface area contributed by atoms with E-state index in [0.717, 1.165) is 25.1 Å². The lowest BCUT2D eigenvalue weighted by molar-refractivity contribution is 0.0859. The van der Waals surface area contributed by atoms with Gasteiger partial charge >= 0.3 is 0 Å². The van der Waals surface area contributed by atoms with E-state index in [2.05, 4.69) is 51.2 Å². The summed E-state index contributed by atoms with van der Waals surface area (Å²) < 4.78 is 6.00. The van der Waals surface area contributed by atoms with E-state index >= 15 is 0 Å². The van der Waals surface area contributed by atoms with Crippen molar-refractivity contribution in [3.8, 4) is 5.75 Å². The molecule has 0 heterocycles. The molecule has 0 saturated heterocycles. The van der Waals surface area contributed by atoms with Gasteiger partial charge in [0.2, 0.25) is 0 Å². The molecule has 1 saturated carbocycles. The van der Waals surface area contributed by atoms with Crippen molar-refractivity contribution in [2.45, 2.75) is 58.6 Å². The highest BCUT2D eigenvalue weighted by Gasteiger charge is 2.29. The fourth-order valence-electron chi connectivity index (χ4n) is 2.68. The first-order valence-electron chi connectivity index (χ1n) is 7.10. The Hall–Kier alpha value is -1.02. The number of rotatable bonds is 5. The Bertz CT molecular complexity index is 394. The van der Waals surface area contributed by atoms with Crippen LogP contribution in [0.25, 0.3) is 0 Å². The Morgan fingerprint density at radius 1 is 1.33 bits per heavy atom. The van der Waals surface area contributed by atoms with Gasteiger partial charge < -0.3 is 10.1 Å². The van der Waals surface area contributed by atoms with E-state index in [1.807, 2.05) is 0 Å². The summed E-state index contributed by atoms with van der Waals surface area (Å²) in [6.45, 7) is 9.85. The maximum atomic E-state index is 6.00. The molecular formula is C16H25NO. The zero-order chi connectivity index (χ0) is 13.1. The molecule has 1 aromatic rings. The highest BCUT2D eigenvalue weighted by molar-refractivity contribution is 5.36. The zero-order valence-electron chi connectivity index (χ0n) is 12.0. The van der Waals surface area contributed by atoms with Crippen LogP contribution in [0.15, 0.2) is 18.2 Å². The fourth-order valence-corrected chi connectivity index (χ4v) is 2.68. The summed E-state index contributed by atoms with van der Waals surface area (Å²) in [5.41, 5.74) is 2.76. The third-order valence-electron chi connectivity index (χ3n) is 3.75. The monoisotopic (exact) mass is 247 g/mol. The molecule has 0 spiro atoms. The maximum Gasteiger partial charge on any atom is 0.120 e. The molecule has 0 bridgehead atoms. The predicted molar refractivity (Wildman–Crippen MR) is 76.4 cm³/mol. The standard InChI is InChI=1S/C16H25NO/c1-5-17-13-9-15(10-13)18-14-6-7-16(11(2)3)12(4)8-14/h6-8,11,13,15,17H,5,9-10H2,1-4H3. The van der Waals surface area contributed by atoms with Crippen LogP contribution in [0.3, 0.4) is 0 Å². The van der Waals surface area contributed by atoms with Crippen molar-refractivity contribution >= 4 is 0 Å². The average Bonchev–Trinajstić information content (AvgIpc) is 2.26. The topological polar surface area (TPSA) is 21.3 Å². The molecule has 18 heavy (non-hydrogen) atoms. The summed E-state index contributed by atoms with van der Waals surface area (Å²) in [7, 11) is 0. The molecule has 0 radical (unpaired) electrons. The Labute approximate surface area is 111 Å². The van der Waals surface area contributed by atoms with Gasteiger partial charge in [-0.2, -0.15) is 0 Å². The maximum absolute atomic E-state index is 6.00.